The van der Waals surface area contributed by atoms with Crippen molar-refractivity contribution in [3.63, 3.8) is 0 Å². The molecule has 2 N–H and O–H groups in total. The molecule has 2 aromatic rings. The van der Waals surface area contributed by atoms with Gasteiger partial charge in [0.05, 0.1) is 30.5 Å². The number of nitrogens with zero attached hydrogens (tertiary/aromatic N) is 1. The summed E-state index contributed by atoms with van der Waals surface area (Å²) in [7, 11) is 0. The second-order valence-electron chi connectivity index (χ2n) is 6.56. The van der Waals surface area contributed by atoms with Gasteiger partial charge in [0.15, 0.2) is 0 Å². The van der Waals surface area contributed by atoms with E-state index in [1.807, 2.05) is 0 Å². The highest BCUT2D eigenvalue weighted by atomic mass is 35.5. The molecule has 1 aliphatic heterocycles. The number of hydrogen-bond acceptors (Lipinski definition) is 7. The van der Waals surface area contributed by atoms with E-state index >= 15 is 0 Å². The number of pyridine rings is 1. The summed E-state index contributed by atoms with van der Waals surface area (Å²) in [5.74, 6) is -1.23. The molecule has 0 saturated carbocycles. The van der Waals surface area contributed by atoms with E-state index in [4.69, 9.17) is 25.8 Å². The normalized spacial score (nSPS) is 15.5. The highest BCUT2D eigenvalue weighted by molar-refractivity contribution is 6.30. The van der Waals surface area contributed by atoms with E-state index in [2.05, 4.69) is 15.6 Å². The zero-order chi connectivity index (χ0) is 23.1. The SMILES string of the molecule is CCOC(=O)C1=C(COC(=O)c2cccnc2OCC)NC(=O)N[C@@H]1c1ccc(Cl)cc1. The topological polar surface area (TPSA) is 116 Å². The molecule has 0 unspecified atom stereocenters. The minimum atomic E-state index is -0.814. The first-order valence-electron chi connectivity index (χ1n) is 9.92. The smallest absolute Gasteiger partial charge is 0.344 e. The molecule has 32 heavy (non-hydrogen) atoms. The molecule has 1 aromatic carbocycles. The van der Waals surface area contributed by atoms with E-state index in [1.165, 1.54) is 12.3 Å². The molecule has 0 bridgehead atoms. The van der Waals surface area contributed by atoms with Gasteiger partial charge in [-0.15, -0.1) is 0 Å². The third-order valence-electron chi connectivity index (χ3n) is 4.47. The van der Waals surface area contributed by atoms with E-state index in [9.17, 15) is 14.4 Å². The molecule has 1 aliphatic rings. The molecule has 10 heteroatoms. The molecule has 2 heterocycles. The molecule has 2 amide bonds. The first-order valence-corrected chi connectivity index (χ1v) is 10.3. The van der Waals surface area contributed by atoms with Gasteiger partial charge in [-0.3, -0.25) is 0 Å². The average Bonchev–Trinajstić information content (AvgIpc) is 2.78. The molecular weight excluding hydrogens is 438 g/mol. The number of carbonyl (C=O) groups excluding carboxylic acids is 3. The fourth-order valence-corrected chi connectivity index (χ4v) is 3.23. The minimum Gasteiger partial charge on any atom is -0.477 e. The predicted molar refractivity (Wildman–Crippen MR) is 115 cm³/mol. The van der Waals surface area contributed by atoms with Gasteiger partial charge >= 0.3 is 18.0 Å². The van der Waals surface area contributed by atoms with Crippen LogP contribution in [-0.2, 0) is 14.3 Å². The maximum atomic E-state index is 12.8. The number of ether oxygens (including phenoxy) is 3. The van der Waals surface area contributed by atoms with E-state index < -0.39 is 24.0 Å². The highest BCUT2D eigenvalue weighted by Crippen LogP contribution is 2.29. The number of halogens is 1. The zero-order valence-electron chi connectivity index (χ0n) is 17.5. The summed E-state index contributed by atoms with van der Waals surface area (Å²) >= 11 is 5.96. The van der Waals surface area contributed by atoms with Gasteiger partial charge < -0.3 is 24.8 Å². The van der Waals surface area contributed by atoms with Crippen molar-refractivity contribution in [2.45, 2.75) is 19.9 Å². The summed E-state index contributed by atoms with van der Waals surface area (Å²) in [4.78, 5) is 41.7. The quantitative estimate of drug-likeness (QED) is 0.582. The Kier molecular flexibility index (Phi) is 7.67. The number of amides is 2. The summed E-state index contributed by atoms with van der Waals surface area (Å²) in [6.45, 7) is 3.51. The highest BCUT2D eigenvalue weighted by Gasteiger charge is 2.34. The molecule has 168 valence electrons. The van der Waals surface area contributed by atoms with E-state index in [0.29, 0.717) is 17.2 Å². The van der Waals surface area contributed by atoms with E-state index in [-0.39, 0.29) is 35.9 Å². The molecule has 1 aromatic heterocycles. The van der Waals surface area contributed by atoms with Crippen molar-refractivity contribution in [2.75, 3.05) is 19.8 Å². The standard InChI is InChI=1S/C22H22ClN3O6/c1-3-30-19-15(6-5-11-24-19)20(27)32-12-16-17(21(28)31-4-2)18(26-22(29)25-16)13-7-9-14(23)10-8-13/h5-11,18H,3-4,12H2,1-2H3,(H2,25,26,29)/t18-/m1/s1. The van der Waals surface area contributed by atoms with Crippen LogP contribution < -0.4 is 15.4 Å². The fraction of sp³-hybridized carbons (Fsp3) is 0.273. The van der Waals surface area contributed by atoms with Crippen LogP contribution in [0.5, 0.6) is 5.88 Å². The lowest BCUT2D eigenvalue weighted by molar-refractivity contribution is -0.139. The molecule has 0 radical (unpaired) electrons. The van der Waals surface area contributed by atoms with Crippen LogP contribution in [0, 0.1) is 0 Å². The molecule has 0 saturated heterocycles. The van der Waals surface area contributed by atoms with Crippen LogP contribution in [0.2, 0.25) is 5.02 Å². The number of esters is 2. The second-order valence-corrected chi connectivity index (χ2v) is 7.00. The maximum Gasteiger partial charge on any atom is 0.344 e. The van der Waals surface area contributed by atoms with Crippen LogP contribution in [-0.4, -0.2) is 42.8 Å². The number of hydrogen-bond donors (Lipinski definition) is 2. The lowest BCUT2D eigenvalue weighted by Crippen LogP contribution is -2.47. The van der Waals surface area contributed by atoms with Gasteiger partial charge in [-0.2, -0.15) is 0 Å². The van der Waals surface area contributed by atoms with Gasteiger partial charge in [0.2, 0.25) is 5.88 Å². The Balaban J connectivity index is 1.92. The number of benzene rings is 1. The zero-order valence-corrected chi connectivity index (χ0v) is 18.3. The first-order chi connectivity index (χ1) is 15.4. The molecule has 3 rings (SSSR count). The molecule has 1 atom stereocenters. The van der Waals surface area contributed by atoms with Crippen molar-refractivity contribution in [3.05, 3.63) is 70.0 Å². The Bertz CT molecular complexity index is 1040. The summed E-state index contributed by atoms with van der Waals surface area (Å²) in [5.41, 5.74) is 0.976. The van der Waals surface area contributed by atoms with E-state index in [0.717, 1.165) is 0 Å². The van der Waals surface area contributed by atoms with Crippen molar-refractivity contribution in [1.29, 1.82) is 0 Å². The molecule has 0 aliphatic carbocycles. The summed E-state index contributed by atoms with van der Waals surface area (Å²) in [6, 6.07) is 8.38. The Hall–Kier alpha value is -3.59. The van der Waals surface area contributed by atoms with Crippen LogP contribution in [0.25, 0.3) is 0 Å². The summed E-state index contributed by atoms with van der Waals surface area (Å²) in [6.07, 6.45) is 1.49. The van der Waals surface area contributed by atoms with Gasteiger partial charge in [-0.25, -0.2) is 19.4 Å². The van der Waals surface area contributed by atoms with Crippen molar-refractivity contribution in [2.24, 2.45) is 0 Å². The number of nitrogens with one attached hydrogen (secondary N) is 2. The Morgan fingerprint density at radius 2 is 1.81 bits per heavy atom. The van der Waals surface area contributed by atoms with E-state index in [1.54, 1.807) is 44.2 Å². The van der Waals surface area contributed by atoms with Crippen molar-refractivity contribution >= 4 is 29.6 Å². The number of urea groups is 1. The maximum absolute atomic E-state index is 12.8. The Morgan fingerprint density at radius 3 is 2.50 bits per heavy atom. The molecule has 9 nitrogen and oxygen atoms in total. The van der Waals surface area contributed by atoms with Gasteiger partial charge in [0.1, 0.15) is 12.2 Å². The third-order valence-corrected chi connectivity index (χ3v) is 4.72. The lowest BCUT2D eigenvalue weighted by atomic mass is 9.95. The summed E-state index contributed by atoms with van der Waals surface area (Å²) < 4.78 is 15.9. The van der Waals surface area contributed by atoms with Crippen LogP contribution in [0.4, 0.5) is 4.79 Å². The second kappa shape index (κ2) is 10.6. The molecule has 0 spiro atoms. The predicted octanol–water partition coefficient (Wildman–Crippen LogP) is 3.16. The third kappa shape index (κ3) is 5.36. The Labute approximate surface area is 189 Å². The van der Waals surface area contributed by atoms with Crippen molar-refractivity contribution in [1.82, 2.24) is 15.6 Å². The van der Waals surface area contributed by atoms with Crippen LogP contribution in [0.3, 0.4) is 0 Å². The fourth-order valence-electron chi connectivity index (χ4n) is 3.10. The molecule has 0 fully saturated rings. The number of aromatic nitrogens is 1. The van der Waals surface area contributed by atoms with Gasteiger partial charge in [0.25, 0.3) is 0 Å². The first kappa shape index (κ1) is 23.1. The van der Waals surface area contributed by atoms with Gasteiger partial charge in [-0.1, -0.05) is 23.7 Å². The van der Waals surface area contributed by atoms with Crippen molar-refractivity contribution < 1.29 is 28.6 Å². The average molecular weight is 460 g/mol. The number of rotatable bonds is 8. The lowest BCUT2D eigenvalue weighted by Gasteiger charge is -2.29. The van der Waals surface area contributed by atoms with Gasteiger partial charge in [-0.05, 0) is 43.7 Å². The van der Waals surface area contributed by atoms with Gasteiger partial charge in [0, 0.05) is 11.2 Å². The Morgan fingerprint density at radius 1 is 1.06 bits per heavy atom. The summed E-state index contributed by atoms with van der Waals surface area (Å²) in [5, 5.41) is 5.74. The van der Waals surface area contributed by atoms with Crippen molar-refractivity contribution in [3.8, 4) is 5.88 Å². The monoisotopic (exact) mass is 459 g/mol. The van der Waals surface area contributed by atoms with Crippen LogP contribution >= 0.6 is 11.6 Å². The van der Waals surface area contributed by atoms with Crippen LogP contribution in [0.1, 0.15) is 35.8 Å². The van der Waals surface area contributed by atoms with Crippen LogP contribution in [0.15, 0.2) is 53.9 Å². The largest absolute Gasteiger partial charge is 0.477 e. The minimum absolute atomic E-state index is 0.113. The number of carbonyl (C=O) groups is 3. The molecular formula is C22H22ClN3O6.